The minimum Gasteiger partial charge on any atom is -0.381 e. The molecule has 1 aliphatic heterocycles. The van der Waals surface area contributed by atoms with E-state index in [0.717, 1.165) is 25.0 Å². The molecule has 0 N–H and O–H groups in total. The van der Waals surface area contributed by atoms with Crippen molar-refractivity contribution in [3.05, 3.63) is 0 Å². The zero-order valence-electron chi connectivity index (χ0n) is 9.96. The molecule has 0 aliphatic carbocycles. The maximum atomic E-state index is 5.47. The fourth-order valence-corrected chi connectivity index (χ4v) is 2.14. The SMILES string of the molecule is CCOCC1CCN(CC(C)C)CC1. The van der Waals surface area contributed by atoms with Crippen LogP contribution in [0.5, 0.6) is 0 Å². The van der Waals surface area contributed by atoms with Crippen LogP contribution < -0.4 is 0 Å². The van der Waals surface area contributed by atoms with Crippen LogP contribution in [-0.4, -0.2) is 37.7 Å². The Kier molecular flexibility index (Phi) is 5.49. The first kappa shape index (κ1) is 12.0. The van der Waals surface area contributed by atoms with E-state index >= 15 is 0 Å². The van der Waals surface area contributed by atoms with Crippen molar-refractivity contribution in [2.45, 2.75) is 33.6 Å². The molecule has 0 aromatic carbocycles. The van der Waals surface area contributed by atoms with Crippen LogP contribution in [-0.2, 0) is 4.74 Å². The maximum Gasteiger partial charge on any atom is 0.0495 e. The highest BCUT2D eigenvalue weighted by Crippen LogP contribution is 2.18. The molecule has 1 rings (SSSR count). The molecule has 0 bridgehead atoms. The molecule has 0 radical (unpaired) electrons. The van der Waals surface area contributed by atoms with Crippen LogP contribution in [0.4, 0.5) is 0 Å². The molecule has 0 aromatic heterocycles. The molecule has 2 nitrogen and oxygen atoms in total. The van der Waals surface area contributed by atoms with Crippen LogP contribution >= 0.6 is 0 Å². The number of hydrogen-bond donors (Lipinski definition) is 0. The zero-order chi connectivity index (χ0) is 10.4. The van der Waals surface area contributed by atoms with E-state index in [9.17, 15) is 0 Å². The fraction of sp³-hybridized carbons (Fsp3) is 1.00. The third kappa shape index (κ3) is 4.43. The normalized spacial score (nSPS) is 20.6. The Balaban J connectivity index is 2.11. The molecule has 1 aliphatic rings. The molecular formula is C12H25NO. The molecule has 1 heterocycles. The van der Waals surface area contributed by atoms with Crippen LogP contribution in [0.15, 0.2) is 0 Å². The van der Waals surface area contributed by atoms with Gasteiger partial charge in [-0.05, 0) is 44.7 Å². The van der Waals surface area contributed by atoms with Crippen LogP contribution in [0.2, 0.25) is 0 Å². The molecule has 0 spiro atoms. The smallest absolute Gasteiger partial charge is 0.0495 e. The van der Waals surface area contributed by atoms with Gasteiger partial charge in [0.15, 0.2) is 0 Å². The second-order valence-corrected chi connectivity index (χ2v) is 4.80. The van der Waals surface area contributed by atoms with Crippen molar-refractivity contribution >= 4 is 0 Å². The quantitative estimate of drug-likeness (QED) is 0.674. The van der Waals surface area contributed by atoms with Gasteiger partial charge in [0.05, 0.1) is 0 Å². The summed E-state index contributed by atoms with van der Waals surface area (Å²) in [5.74, 6) is 1.62. The van der Waals surface area contributed by atoms with E-state index in [-0.39, 0.29) is 0 Å². The first-order valence-electron chi connectivity index (χ1n) is 6.02. The lowest BCUT2D eigenvalue weighted by Gasteiger charge is -2.32. The number of hydrogen-bond acceptors (Lipinski definition) is 2. The van der Waals surface area contributed by atoms with Gasteiger partial charge < -0.3 is 9.64 Å². The summed E-state index contributed by atoms with van der Waals surface area (Å²) < 4.78 is 5.47. The summed E-state index contributed by atoms with van der Waals surface area (Å²) in [6, 6.07) is 0. The minimum atomic E-state index is 0.804. The van der Waals surface area contributed by atoms with Crippen molar-refractivity contribution in [3.8, 4) is 0 Å². The average molecular weight is 199 g/mol. The van der Waals surface area contributed by atoms with E-state index in [1.54, 1.807) is 0 Å². The standard InChI is InChI=1S/C12H25NO/c1-4-14-10-12-5-7-13(8-6-12)9-11(2)3/h11-12H,4-10H2,1-3H3. The summed E-state index contributed by atoms with van der Waals surface area (Å²) >= 11 is 0. The van der Waals surface area contributed by atoms with Crippen LogP contribution in [0.25, 0.3) is 0 Å². The van der Waals surface area contributed by atoms with Crippen LogP contribution in [0.1, 0.15) is 33.6 Å². The summed E-state index contributed by atoms with van der Waals surface area (Å²) in [5.41, 5.74) is 0. The van der Waals surface area contributed by atoms with Gasteiger partial charge in [0, 0.05) is 19.8 Å². The summed E-state index contributed by atoms with van der Waals surface area (Å²) in [7, 11) is 0. The predicted molar refractivity (Wildman–Crippen MR) is 60.5 cm³/mol. The molecule has 2 heteroatoms. The van der Waals surface area contributed by atoms with E-state index in [2.05, 4.69) is 25.7 Å². The summed E-state index contributed by atoms with van der Waals surface area (Å²) in [6.07, 6.45) is 2.65. The average Bonchev–Trinajstić information content (AvgIpc) is 2.16. The third-order valence-corrected chi connectivity index (χ3v) is 2.89. The second kappa shape index (κ2) is 6.41. The molecule has 14 heavy (non-hydrogen) atoms. The lowest BCUT2D eigenvalue weighted by Crippen LogP contribution is -2.37. The predicted octanol–water partition coefficient (Wildman–Crippen LogP) is 2.39. The Morgan fingerprint density at radius 1 is 1.29 bits per heavy atom. The highest BCUT2D eigenvalue weighted by Gasteiger charge is 2.19. The van der Waals surface area contributed by atoms with Crippen molar-refractivity contribution in [2.24, 2.45) is 11.8 Å². The number of rotatable bonds is 5. The molecular weight excluding hydrogens is 174 g/mol. The largest absolute Gasteiger partial charge is 0.381 e. The lowest BCUT2D eigenvalue weighted by atomic mass is 9.97. The summed E-state index contributed by atoms with van der Waals surface area (Å²) in [4.78, 5) is 2.59. The molecule has 0 saturated carbocycles. The first-order chi connectivity index (χ1) is 6.72. The summed E-state index contributed by atoms with van der Waals surface area (Å²) in [6.45, 7) is 12.3. The molecule has 1 fully saturated rings. The molecule has 1 saturated heterocycles. The van der Waals surface area contributed by atoms with Crippen molar-refractivity contribution in [1.82, 2.24) is 4.90 Å². The molecule has 84 valence electrons. The number of piperidine rings is 1. The van der Waals surface area contributed by atoms with Crippen molar-refractivity contribution < 1.29 is 4.74 Å². The Morgan fingerprint density at radius 2 is 1.93 bits per heavy atom. The number of likely N-dealkylation sites (tertiary alicyclic amines) is 1. The minimum absolute atomic E-state index is 0.804. The van der Waals surface area contributed by atoms with Gasteiger partial charge in [0.25, 0.3) is 0 Å². The van der Waals surface area contributed by atoms with Gasteiger partial charge in [-0.1, -0.05) is 13.8 Å². The Bertz CT molecular complexity index is 139. The third-order valence-electron chi connectivity index (χ3n) is 2.89. The molecule has 0 amide bonds. The summed E-state index contributed by atoms with van der Waals surface area (Å²) in [5, 5.41) is 0. The van der Waals surface area contributed by atoms with Gasteiger partial charge in [0.1, 0.15) is 0 Å². The number of ether oxygens (including phenoxy) is 1. The fourth-order valence-electron chi connectivity index (χ4n) is 2.14. The van der Waals surface area contributed by atoms with Crippen molar-refractivity contribution in [1.29, 1.82) is 0 Å². The van der Waals surface area contributed by atoms with E-state index in [1.807, 2.05) is 0 Å². The van der Waals surface area contributed by atoms with Gasteiger partial charge in [-0.25, -0.2) is 0 Å². The van der Waals surface area contributed by atoms with E-state index in [4.69, 9.17) is 4.74 Å². The Hall–Kier alpha value is -0.0800. The van der Waals surface area contributed by atoms with Gasteiger partial charge in [-0.2, -0.15) is 0 Å². The molecule has 0 unspecified atom stereocenters. The molecule has 0 atom stereocenters. The van der Waals surface area contributed by atoms with Gasteiger partial charge in [-0.3, -0.25) is 0 Å². The van der Waals surface area contributed by atoms with E-state index < -0.39 is 0 Å². The second-order valence-electron chi connectivity index (χ2n) is 4.80. The highest BCUT2D eigenvalue weighted by molar-refractivity contribution is 4.72. The van der Waals surface area contributed by atoms with E-state index in [1.165, 1.54) is 32.5 Å². The van der Waals surface area contributed by atoms with Gasteiger partial charge in [-0.15, -0.1) is 0 Å². The Morgan fingerprint density at radius 3 is 2.43 bits per heavy atom. The van der Waals surface area contributed by atoms with Crippen LogP contribution in [0.3, 0.4) is 0 Å². The molecule has 0 aromatic rings. The first-order valence-corrected chi connectivity index (χ1v) is 6.02. The van der Waals surface area contributed by atoms with Crippen molar-refractivity contribution in [3.63, 3.8) is 0 Å². The lowest BCUT2D eigenvalue weighted by molar-refractivity contribution is 0.0712. The monoisotopic (exact) mass is 199 g/mol. The Labute approximate surface area is 88.6 Å². The number of nitrogens with zero attached hydrogens (tertiary/aromatic N) is 1. The van der Waals surface area contributed by atoms with Gasteiger partial charge in [0.2, 0.25) is 0 Å². The van der Waals surface area contributed by atoms with Crippen LogP contribution in [0, 0.1) is 11.8 Å². The van der Waals surface area contributed by atoms with E-state index in [0.29, 0.717) is 0 Å². The van der Waals surface area contributed by atoms with Gasteiger partial charge >= 0.3 is 0 Å². The topological polar surface area (TPSA) is 12.5 Å². The zero-order valence-corrected chi connectivity index (χ0v) is 9.96. The van der Waals surface area contributed by atoms with Crippen molar-refractivity contribution in [2.75, 3.05) is 32.8 Å². The maximum absolute atomic E-state index is 5.47. The highest BCUT2D eigenvalue weighted by atomic mass is 16.5.